The van der Waals surface area contributed by atoms with Gasteiger partial charge < -0.3 is 9.72 Å². The van der Waals surface area contributed by atoms with Crippen molar-refractivity contribution in [3.63, 3.8) is 0 Å². The van der Waals surface area contributed by atoms with Crippen molar-refractivity contribution in [2.24, 2.45) is 0 Å². The highest BCUT2D eigenvalue weighted by Gasteiger charge is 2.06. The summed E-state index contributed by atoms with van der Waals surface area (Å²) in [5.74, 6) is -0.426. The summed E-state index contributed by atoms with van der Waals surface area (Å²) in [6.45, 7) is 0.360. The number of hydrogen-bond donors (Lipinski definition) is 1. The lowest BCUT2D eigenvalue weighted by atomic mass is 10.1. The van der Waals surface area contributed by atoms with Crippen molar-refractivity contribution in [2.45, 2.75) is 13.0 Å². The fourth-order valence-corrected chi connectivity index (χ4v) is 2.49. The molecule has 0 fully saturated rings. The number of rotatable bonds is 4. The average Bonchev–Trinajstić information content (AvgIpc) is 2.89. The molecule has 22 heavy (non-hydrogen) atoms. The van der Waals surface area contributed by atoms with Crippen LogP contribution in [0.2, 0.25) is 0 Å². The van der Waals surface area contributed by atoms with E-state index in [1.165, 1.54) is 12.1 Å². The number of hydrogen-bond acceptors (Lipinski definition) is 2. The molecular weight excluding hydrogens is 349 g/mol. The summed E-state index contributed by atoms with van der Waals surface area (Å²) < 4.78 is 15.7. The quantitative estimate of drug-likeness (QED) is 0.775. The Bertz CT molecular complexity index is 814. The van der Waals surface area contributed by atoms with Crippen LogP contribution in [0, 0.1) is 5.82 Å². The molecule has 2 heterocycles. The molecule has 0 spiro atoms. The van der Waals surface area contributed by atoms with Crippen molar-refractivity contribution in [3.8, 4) is 0 Å². The van der Waals surface area contributed by atoms with Crippen LogP contribution >= 0.6 is 15.9 Å². The number of nitrogens with one attached hydrogen (secondary N) is 1. The van der Waals surface area contributed by atoms with Crippen LogP contribution in [-0.4, -0.2) is 15.3 Å². The van der Waals surface area contributed by atoms with Crippen molar-refractivity contribution in [1.29, 1.82) is 0 Å². The maximum absolute atomic E-state index is 12.8. The maximum atomic E-state index is 12.8. The van der Waals surface area contributed by atoms with E-state index in [-0.39, 0.29) is 18.1 Å². The Morgan fingerprint density at radius 2 is 1.95 bits per heavy atom. The molecule has 3 aromatic rings. The lowest BCUT2D eigenvalue weighted by Crippen LogP contribution is -2.24. The number of amides is 1. The summed E-state index contributed by atoms with van der Waals surface area (Å²) in [4.78, 5) is 16.3. The van der Waals surface area contributed by atoms with Crippen LogP contribution in [0.4, 0.5) is 4.39 Å². The minimum Gasteiger partial charge on any atom is -0.350 e. The molecule has 1 amide bonds. The molecule has 0 saturated carbocycles. The SMILES string of the molecule is O=C(Cc1ccc(F)cc1)NCc1cn2cc(Br)ccc2n1. The fraction of sp³-hybridized carbons (Fsp3) is 0.125. The molecular formula is C16H13BrFN3O. The van der Waals surface area contributed by atoms with Crippen LogP contribution in [-0.2, 0) is 17.8 Å². The van der Waals surface area contributed by atoms with Gasteiger partial charge in [-0.2, -0.15) is 0 Å². The highest BCUT2D eigenvalue weighted by Crippen LogP contribution is 2.12. The van der Waals surface area contributed by atoms with Crippen molar-refractivity contribution in [2.75, 3.05) is 0 Å². The van der Waals surface area contributed by atoms with Gasteiger partial charge in [-0.05, 0) is 45.8 Å². The number of benzene rings is 1. The average molecular weight is 362 g/mol. The van der Waals surface area contributed by atoms with Crippen LogP contribution < -0.4 is 5.32 Å². The minimum absolute atomic E-state index is 0.121. The molecule has 0 unspecified atom stereocenters. The second kappa shape index (κ2) is 6.27. The van der Waals surface area contributed by atoms with Gasteiger partial charge in [-0.25, -0.2) is 9.37 Å². The molecule has 1 aromatic carbocycles. The van der Waals surface area contributed by atoms with E-state index in [0.29, 0.717) is 6.54 Å². The summed E-state index contributed by atoms with van der Waals surface area (Å²) in [6.07, 6.45) is 4.00. The van der Waals surface area contributed by atoms with Crippen LogP contribution in [0.5, 0.6) is 0 Å². The summed E-state index contributed by atoms with van der Waals surface area (Å²) in [6, 6.07) is 9.73. The second-order valence-corrected chi connectivity index (χ2v) is 5.84. The van der Waals surface area contributed by atoms with Gasteiger partial charge in [-0.15, -0.1) is 0 Å². The third kappa shape index (κ3) is 3.51. The van der Waals surface area contributed by atoms with E-state index in [0.717, 1.165) is 21.4 Å². The lowest BCUT2D eigenvalue weighted by molar-refractivity contribution is -0.120. The van der Waals surface area contributed by atoms with Gasteiger partial charge in [0.2, 0.25) is 5.91 Å². The Kier molecular flexibility index (Phi) is 4.20. The smallest absolute Gasteiger partial charge is 0.224 e. The summed E-state index contributed by atoms with van der Waals surface area (Å²) in [5.41, 5.74) is 2.38. The van der Waals surface area contributed by atoms with Crippen LogP contribution in [0.1, 0.15) is 11.3 Å². The highest BCUT2D eigenvalue weighted by atomic mass is 79.9. The second-order valence-electron chi connectivity index (χ2n) is 4.92. The molecule has 0 atom stereocenters. The molecule has 0 saturated heterocycles. The number of nitrogens with zero attached hydrogens (tertiary/aromatic N) is 2. The number of pyridine rings is 1. The minimum atomic E-state index is -0.306. The van der Waals surface area contributed by atoms with E-state index in [2.05, 4.69) is 26.2 Å². The van der Waals surface area contributed by atoms with Gasteiger partial charge in [0.25, 0.3) is 0 Å². The number of imidazole rings is 1. The number of aromatic nitrogens is 2. The summed E-state index contributed by atoms with van der Waals surface area (Å²) >= 11 is 3.40. The van der Waals surface area contributed by atoms with E-state index in [1.54, 1.807) is 12.1 Å². The molecule has 0 radical (unpaired) electrons. The predicted molar refractivity (Wildman–Crippen MR) is 84.8 cm³/mol. The van der Waals surface area contributed by atoms with E-state index in [9.17, 15) is 9.18 Å². The maximum Gasteiger partial charge on any atom is 0.224 e. The number of fused-ring (bicyclic) bond motifs is 1. The topological polar surface area (TPSA) is 46.4 Å². The van der Waals surface area contributed by atoms with E-state index in [4.69, 9.17) is 0 Å². The van der Waals surface area contributed by atoms with E-state index >= 15 is 0 Å². The number of halogens is 2. The van der Waals surface area contributed by atoms with E-state index in [1.807, 2.05) is 28.9 Å². The van der Waals surface area contributed by atoms with Gasteiger partial charge >= 0.3 is 0 Å². The Morgan fingerprint density at radius 1 is 1.18 bits per heavy atom. The zero-order valence-electron chi connectivity index (χ0n) is 11.6. The molecule has 2 aromatic heterocycles. The number of carbonyl (C=O) groups is 1. The highest BCUT2D eigenvalue weighted by molar-refractivity contribution is 9.10. The number of carbonyl (C=O) groups excluding carboxylic acids is 1. The first kappa shape index (κ1) is 14.7. The molecule has 0 aliphatic carbocycles. The molecule has 112 valence electrons. The predicted octanol–water partition coefficient (Wildman–Crippen LogP) is 3.09. The van der Waals surface area contributed by atoms with Gasteiger partial charge in [0.05, 0.1) is 18.7 Å². The molecule has 6 heteroatoms. The monoisotopic (exact) mass is 361 g/mol. The van der Waals surface area contributed by atoms with Crippen molar-refractivity contribution in [1.82, 2.24) is 14.7 Å². The Morgan fingerprint density at radius 3 is 2.73 bits per heavy atom. The largest absolute Gasteiger partial charge is 0.350 e. The molecule has 3 rings (SSSR count). The molecule has 0 bridgehead atoms. The molecule has 1 N–H and O–H groups in total. The summed E-state index contributed by atoms with van der Waals surface area (Å²) in [7, 11) is 0. The van der Waals surface area contributed by atoms with Gasteiger partial charge in [0, 0.05) is 16.9 Å². The first-order valence-corrected chi connectivity index (χ1v) is 7.54. The normalized spacial score (nSPS) is 10.8. The van der Waals surface area contributed by atoms with E-state index < -0.39 is 0 Å². The standard InChI is InChI=1S/C16H13BrFN3O/c17-12-3-6-15-20-14(10-21(15)9-12)8-19-16(22)7-11-1-4-13(18)5-2-11/h1-6,9-10H,7-8H2,(H,19,22). The Hall–Kier alpha value is -2.21. The molecule has 0 aliphatic rings. The molecule has 0 aliphatic heterocycles. The van der Waals surface area contributed by atoms with Gasteiger partial charge in [-0.3, -0.25) is 4.79 Å². The van der Waals surface area contributed by atoms with Gasteiger partial charge in [0.1, 0.15) is 11.5 Å². The van der Waals surface area contributed by atoms with Crippen molar-refractivity contribution in [3.05, 3.63) is 70.3 Å². The van der Waals surface area contributed by atoms with Crippen LogP contribution in [0.15, 0.2) is 53.3 Å². The first-order valence-electron chi connectivity index (χ1n) is 6.74. The molecule has 4 nitrogen and oxygen atoms in total. The van der Waals surface area contributed by atoms with Crippen molar-refractivity contribution >= 4 is 27.5 Å². The first-order chi connectivity index (χ1) is 10.6. The zero-order valence-corrected chi connectivity index (χ0v) is 13.2. The zero-order chi connectivity index (χ0) is 15.5. The third-order valence-corrected chi connectivity index (χ3v) is 3.68. The van der Waals surface area contributed by atoms with Crippen LogP contribution in [0.3, 0.4) is 0 Å². The third-order valence-electron chi connectivity index (χ3n) is 3.21. The van der Waals surface area contributed by atoms with Crippen LogP contribution in [0.25, 0.3) is 5.65 Å². The Balaban J connectivity index is 1.61. The lowest BCUT2D eigenvalue weighted by Gasteiger charge is -2.03. The summed E-state index contributed by atoms with van der Waals surface area (Å²) in [5, 5.41) is 2.82. The fourth-order valence-electron chi connectivity index (χ4n) is 2.14. The van der Waals surface area contributed by atoms with Crippen molar-refractivity contribution < 1.29 is 9.18 Å². The Labute approximate surface area is 135 Å². The van der Waals surface area contributed by atoms with Gasteiger partial charge in [-0.1, -0.05) is 12.1 Å². The van der Waals surface area contributed by atoms with Gasteiger partial charge in [0.15, 0.2) is 0 Å².